The number of para-hydroxylation sites is 2. The second-order valence-corrected chi connectivity index (χ2v) is 6.42. The van der Waals surface area contributed by atoms with E-state index in [0.29, 0.717) is 16.3 Å². The summed E-state index contributed by atoms with van der Waals surface area (Å²) in [6.07, 6.45) is 1.64. The molecular formula is C19H16N2O4S. The van der Waals surface area contributed by atoms with E-state index in [4.69, 9.17) is 4.74 Å². The van der Waals surface area contributed by atoms with Gasteiger partial charge in [-0.2, -0.15) is 0 Å². The van der Waals surface area contributed by atoms with Crippen molar-refractivity contribution in [2.45, 2.75) is 0 Å². The van der Waals surface area contributed by atoms with Crippen LogP contribution >= 0.6 is 11.8 Å². The number of nitrogens with one attached hydrogen (secondary N) is 1. The maximum atomic E-state index is 12.4. The Morgan fingerprint density at radius 2 is 1.81 bits per heavy atom. The van der Waals surface area contributed by atoms with Gasteiger partial charge in [0.1, 0.15) is 12.3 Å². The van der Waals surface area contributed by atoms with Crippen LogP contribution < -0.4 is 10.1 Å². The molecule has 0 atom stereocenters. The summed E-state index contributed by atoms with van der Waals surface area (Å²) in [5.41, 5.74) is 1.29. The zero-order valence-electron chi connectivity index (χ0n) is 14.0. The van der Waals surface area contributed by atoms with Gasteiger partial charge in [-0.1, -0.05) is 42.5 Å². The number of carbonyl (C=O) groups excluding carboxylic acids is 3. The maximum Gasteiger partial charge on any atom is 0.294 e. The van der Waals surface area contributed by atoms with Crippen molar-refractivity contribution in [1.82, 2.24) is 4.90 Å². The van der Waals surface area contributed by atoms with E-state index in [9.17, 15) is 14.4 Å². The van der Waals surface area contributed by atoms with Gasteiger partial charge in [0.25, 0.3) is 11.1 Å². The smallest absolute Gasteiger partial charge is 0.294 e. The first-order chi connectivity index (χ1) is 12.6. The van der Waals surface area contributed by atoms with E-state index in [1.165, 1.54) is 7.11 Å². The van der Waals surface area contributed by atoms with Crippen LogP contribution in [0.15, 0.2) is 59.5 Å². The molecular weight excluding hydrogens is 352 g/mol. The van der Waals surface area contributed by atoms with Crippen LogP contribution in [0.2, 0.25) is 0 Å². The molecule has 26 heavy (non-hydrogen) atoms. The summed E-state index contributed by atoms with van der Waals surface area (Å²) < 4.78 is 5.17. The van der Waals surface area contributed by atoms with Crippen LogP contribution in [0.1, 0.15) is 5.56 Å². The Morgan fingerprint density at radius 3 is 2.54 bits per heavy atom. The first-order valence-electron chi connectivity index (χ1n) is 7.82. The molecule has 0 saturated carbocycles. The van der Waals surface area contributed by atoms with Gasteiger partial charge in [-0.25, -0.2) is 0 Å². The lowest BCUT2D eigenvalue weighted by atomic mass is 10.2. The van der Waals surface area contributed by atoms with Crippen LogP contribution in [-0.4, -0.2) is 35.6 Å². The number of hydrogen-bond donors (Lipinski definition) is 1. The predicted octanol–water partition coefficient (Wildman–Crippen LogP) is 3.37. The highest BCUT2D eigenvalue weighted by atomic mass is 32.2. The number of anilines is 1. The summed E-state index contributed by atoms with van der Waals surface area (Å²) in [6.45, 7) is -0.352. The number of hydrogen-bond acceptors (Lipinski definition) is 5. The van der Waals surface area contributed by atoms with E-state index >= 15 is 0 Å². The zero-order chi connectivity index (χ0) is 18.5. The predicted molar refractivity (Wildman–Crippen MR) is 101 cm³/mol. The molecule has 2 aromatic rings. The number of nitrogens with zero attached hydrogens (tertiary/aromatic N) is 1. The monoisotopic (exact) mass is 368 g/mol. The van der Waals surface area contributed by atoms with Gasteiger partial charge in [-0.3, -0.25) is 19.3 Å². The molecule has 3 amide bonds. The van der Waals surface area contributed by atoms with E-state index < -0.39 is 17.1 Å². The molecule has 1 saturated heterocycles. The Morgan fingerprint density at radius 1 is 1.12 bits per heavy atom. The molecule has 1 aliphatic rings. The Bertz CT molecular complexity index is 880. The first kappa shape index (κ1) is 17.8. The molecule has 1 fully saturated rings. The Balaban J connectivity index is 1.70. The van der Waals surface area contributed by atoms with E-state index in [1.807, 2.05) is 30.3 Å². The van der Waals surface area contributed by atoms with Crippen LogP contribution in [-0.2, 0) is 9.59 Å². The molecule has 1 aliphatic heterocycles. The van der Waals surface area contributed by atoms with E-state index in [0.717, 1.165) is 22.2 Å². The quantitative estimate of drug-likeness (QED) is 0.819. The number of methoxy groups -OCH3 is 1. The Kier molecular flexibility index (Phi) is 5.38. The van der Waals surface area contributed by atoms with Gasteiger partial charge in [0, 0.05) is 0 Å². The fourth-order valence-corrected chi connectivity index (χ4v) is 3.26. The third-order valence-electron chi connectivity index (χ3n) is 3.65. The van der Waals surface area contributed by atoms with Gasteiger partial charge in [0.05, 0.1) is 17.7 Å². The topological polar surface area (TPSA) is 75.7 Å². The van der Waals surface area contributed by atoms with Gasteiger partial charge < -0.3 is 10.1 Å². The van der Waals surface area contributed by atoms with Gasteiger partial charge in [-0.15, -0.1) is 0 Å². The van der Waals surface area contributed by atoms with Crippen LogP contribution in [0, 0.1) is 0 Å². The Labute approximate surface area is 154 Å². The highest BCUT2D eigenvalue weighted by Gasteiger charge is 2.36. The number of amides is 3. The van der Waals surface area contributed by atoms with Crippen LogP contribution in [0.25, 0.3) is 6.08 Å². The number of imide groups is 1. The minimum Gasteiger partial charge on any atom is -0.495 e. The second-order valence-electron chi connectivity index (χ2n) is 5.43. The van der Waals surface area contributed by atoms with Gasteiger partial charge in [0.2, 0.25) is 5.91 Å². The second kappa shape index (κ2) is 7.88. The lowest BCUT2D eigenvalue weighted by Gasteiger charge is -2.14. The zero-order valence-corrected chi connectivity index (χ0v) is 14.8. The molecule has 132 valence electrons. The van der Waals surface area contributed by atoms with Crippen molar-refractivity contribution in [2.24, 2.45) is 0 Å². The molecule has 0 aliphatic carbocycles. The number of thioether (sulfide) groups is 1. The van der Waals surface area contributed by atoms with Gasteiger partial charge in [-0.05, 0) is 35.5 Å². The molecule has 3 rings (SSSR count). The first-order valence-corrected chi connectivity index (χ1v) is 8.63. The van der Waals surface area contributed by atoms with Crippen molar-refractivity contribution < 1.29 is 19.1 Å². The minimum absolute atomic E-state index is 0.297. The molecule has 0 aromatic heterocycles. The van der Waals surface area contributed by atoms with Crippen molar-refractivity contribution in [3.8, 4) is 5.75 Å². The number of rotatable bonds is 5. The van der Waals surface area contributed by atoms with E-state index in [2.05, 4.69) is 5.32 Å². The lowest BCUT2D eigenvalue weighted by Crippen LogP contribution is -2.36. The summed E-state index contributed by atoms with van der Waals surface area (Å²) in [6, 6.07) is 16.1. The van der Waals surface area contributed by atoms with Crippen molar-refractivity contribution in [1.29, 1.82) is 0 Å². The minimum atomic E-state index is -0.474. The van der Waals surface area contributed by atoms with Crippen LogP contribution in [0.4, 0.5) is 10.5 Å². The largest absolute Gasteiger partial charge is 0.495 e. The molecule has 0 unspecified atom stereocenters. The summed E-state index contributed by atoms with van der Waals surface area (Å²) in [5.74, 6) is -0.448. The molecule has 0 spiro atoms. The average Bonchev–Trinajstić information content (AvgIpc) is 2.90. The fraction of sp³-hybridized carbons (Fsp3) is 0.105. The summed E-state index contributed by atoms with van der Waals surface area (Å²) in [5, 5.41) is 2.19. The fourth-order valence-electron chi connectivity index (χ4n) is 2.42. The molecule has 2 aromatic carbocycles. The average molecular weight is 368 g/mol. The van der Waals surface area contributed by atoms with Gasteiger partial charge >= 0.3 is 0 Å². The molecule has 6 nitrogen and oxygen atoms in total. The van der Waals surface area contributed by atoms with Gasteiger partial charge in [0.15, 0.2) is 0 Å². The third-order valence-corrected chi connectivity index (χ3v) is 4.56. The highest BCUT2D eigenvalue weighted by molar-refractivity contribution is 8.18. The molecule has 0 bridgehead atoms. The Hall–Kier alpha value is -3.06. The summed E-state index contributed by atoms with van der Waals surface area (Å²) >= 11 is 0.826. The van der Waals surface area contributed by atoms with Crippen molar-refractivity contribution in [3.63, 3.8) is 0 Å². The molecule has 0 radical (unpaired) electrons. The maximum absolute atomic E-state index is 12.4. The lowest BCUT2D eigenvalue weighted by molar-refractivity contribution is -0.127. The number of carbonyl (C=O) groups is 3. The highest BCUT2D eigenvalue weighted by Crippen LogP contribution is 2.32. The van der Waals surface area contributed by atoms with Crippen molar-refractivity contribution in [3.05, 3.63) is 65.1 Å². The van der Waals surface area contributed by atoms with Crippen molar-refractivity contribution in [2.75, 3.05) is 19.0 Å². The standard InChI is InChI=1S/C19H16N2O4S/c1-25-15-10-6-5-9-14(15)20-17(22)12-21-18(23)16(26-19(21)24)11-13-7-3-2-4-8-13/h2-11H,12H2,1H3,(H,20,22)/b16-11-. The molecule has 1 heterocycles. The molecule has 7 heteroatoms. The van der Waals surface area contributed by atoms with E-state index in [1.54, 1.807) is 30.3 Å². The van der Waals surface area contributed by atoms with E-state index in [-0.39, 0.29) is 6.54 Å². The van der Waals surface area contributed by atoms with Crippen molar-refractivity contribution >= 4 is 40.6 Å². The normalized spacial score (nSPS) is 15.4. The number of benzene rings is 2. The summed E-state index contributed by atoms with van der Waals surface area (Å²) in [7, 11) is 1.50. The SMILES string of the molecule is COc1ccccc1NC(=O)CN1C(=O)S/C(=C\c2ccccc2)C1=O. The van der Waals surface area contributed by atoms with Crippen LogP contribution in [0.5, 0.6) is 5.75 Å². The molecule has 1 N–H and O–H groups in total. The number of ether oxygens (including phenoxy) is 1. The summed E-state index contributed by atoms with van der Waals surface area (Å²) in [4.78, 5) is 38.0. The van der Waals surface area contributed by atoms with Crippen LogP contribution in [0.3, 0.4) is 0 Å². The third kappa shape index (κ3) is 3.94.